The minimum atomic E-state index is 0.630. The number of aryl methyl sites for hydroxylation is 1. The third-order valence-corrected chi connectivity index (χ3v) is 2.83. The van der Waals surface area contributed by atoms with E-state index in [0.29, 0.717) is 6.04 Å². The first-order chi connectivity index (χ1) is 6.22. The van der Waals surface area contributed by atoms with E-state index in [1.54, 1.807) is 0 Å². The molecule has 1 aromatic heterocycles. The molecule has 1 aliphatic heterocycles. The van der Waals surface area contributed by atoms with E-state index in [1.807, 2.05) is 0 Å². The van der Waals surface area contributed by atoms with E-state index in [-0.39, 0.29) is 0 Å². The maximum Gasteiger partial charge on any atom is 0.0667 e. The molecule has 3 heteroatoms. The fraction of sp³-hybridized carbons (Fsp3) is 0.700. The molecule has 2 rings (SSSR count). The summed E-state index contributed by atoms with van der Waals surface area (Å²) in [6.07, 6.45) is 1.04. The van der Waals surface area contributed by atoms with Crippen molar-refractivity contribution in [2.45, 2.75) is 46.3 Å². The van der Waals surface area contributed by atoms with Crippen LogP contribution in [0.2, 0.25) is 0 Å². The Kier molecular flexibility index (Phi) is 2.12. The SMILES string of the molecule is CCc1n[nH]c2c1CN(C(C)C)C2. The summed E-state index contributed by atoms with van der Waals surface area (Å²) in [5, 5.41) is 7.43. The van der Waals surface area contributed by atoms with Crippen molar-refractivity contribution in [2.75, 3.05) is 0 Å². The third kappa shape index (κ3) is 1.37. The molecular weight excluding hydrogens is 162 g/mol. The van der Waals surface area contributed by atoms with E-state index in [0.717, 1.165) is 19.5 Å². The fourth-order valence-corrected chi connectivity index (χ4v) is 1.88. The Morgan fingerprint density at radius 3 is 2.85 bits per heavy atom. The van der Waals surface area contributed by atoms with Gasteiger partial charge in [0, 0.05) is 24.7 Å². The standard InChI is InChI=1S/C10H17N3/c1-4-9-8-5-13(7(2)3)6-10(8)12-11-9/h7H,4-6H2,1-3H3,(H,11,12). The molecule has 2 heterocycles. The van der Waals surface area contributed by atoms with Crippen LogP contribution in [-0.2, 0) is 19.5 Å². The Bertz CT molecular complexity index is 301. The summed E-state index contributed by atoms with van der Waals surface area (Å²) in [7, 11) is 0. The monoisotopic (exact) mass is 179 g/mol. The van der Waals surface area contributed by atoms with Crippen molar-refractivity contribution in [3.8, 4) is 0 Å². The first kappa shape index (κ1) is 8.75. The number of nitrogens with one attached hydrogen (secondary N) is 1. The average Bonchev–Trinajstić information content (AvgIpc) is 2.60. The van der Waals surface area contributed by atoms with Gasteiger partial charge in [-0.05, 0) is 20.3 Å². The molecule has 0 amide bonds. The first-order valence-electron chi connectivity index (χ1n) is 5.01. The lowest BCUT2D eigenvalue weighted by Gasteiger charge is -2.19. The minimum Gasteiger partial charge on any atom is -0.291 e. The molecule has 0 saturated heterocycles. The van der Waals surface area contributed by atoms with Crippen molar-refractivity contribution in [3.05, 3.63) is 17.0 Å². The van der Waals surface area contributed by atoms with Crippen molar-refractivity contribution >= 4 is 0 Å². The Morgan fingerprint density at radius 2 is 2.23 bits per heavy atom. The molecule has 0 saturated carbocycles. The van der Waals surface area contributed by atoms with Crippen molar-refractivity contribution in [2.24, 2.45) is 0 Å². The highest BCUT2D eigenvalue weighted by Gasteiger charge is 2.25. The average molecular weight is 179 g/mol. The molecule has 0 aliphatic carbocycles. The van der Waals surface area contributed by atoms with Gasteiger partial charge in [0.25, 0.3) is 0 Å². The molecule has 0 aromatic carbocycles. The fourth-order valence-electron chi connectivity index (χ4n) is 1.88. The maximum atomic E-state index is 4.30. The smallest absolute Gasteiger partial charge is 0.0667 e. The zero-order chi connectivity index (χ0) is 9.42. The van der Waals surface area contributed by atoms with Crippen LogP contribution in [0.3, 0.4) is 0 Å². The number of H-pyrrole nitrogens is 1. The first-order valence-corrected chi connectivity index (χ1v) is 5.01. The lowest BCUT2D eigenvalue weighted by atomic mass is 10.2. The number of aromatic amines is 1. The number of hydrogen-bond acceptors (Lipinski definition) is 2. The number of rotatable bonds is 2. The lowest BCUT2D eigenvalue weighted by molar-refractivity contribution is 0.224. The number of fused-ring (bicyclic) bond motifs is 1. The molecular formula is C10H17N3. The van der Waals surface area contributed by atoms with Crippen molar-refractivity contribution in [3.63, 3.8) is 0 Å². The van der Waals surface area contributed by atoms with Gasteiger partial charge in [-0.2, -0.15) is 5.10 Å². The molecule has 72 valence electrons. The van der Waals surface area contributed by atoms with Crippen LogP contribution in [0.4, 0.5) is 0 Å². The third-order valence-electron chi connectivity index (χ3n) is 2.83. The molecule has 0 spiro atoms. The van der Waals surface area contributed by atoms with Crippen LogP contribution in [0.1, 0.15) is 37.7 Å². The van der Waals surface area contributed by atoms with Crippen LogP contribution in [0.5, 0.6) is 0 Å². The van der Waals surface area contributed by atoms with Crippen molar-refractivity contribution < 1.29 is 0 Å². The van der Waals surface area contributed by atoms with E-state index >= 15 is 0 Å². The van der Waals surface area contributed by atoms with E-state index in [1.165, 1.54) is 17.0 Å². The van der Waals surface area contributed by atoms with Gasteiger partial charge in [0.1, 0.15) is 0 Å². The summed E-state index contributed by atoms with van der Waals surface area (Å²) in [6, 6.07) is 0.630. The van der Waals surface area contributed by atoms with Gasteiger partial charge >= 0.3 is 0 Å². The second-order valence-corrected chi connectivity index (χ2v) is 3.98. The highest BCUT2D eigenvalue weighted by molar-refractivity contribution is 5.28. The summed E-state index contributed by atoms with van der Waals surface area (Å²) < 4.78 is 0. The Morgan fingerprint density at radius 1 is 1.46 bits per heavy atom. The van der Waals surface area contributed by atoms with Gasteiger partial charge in [-0.25, -0.2) is 0 Å². The maximum absolute atomic E-state index is 4.30. The van der Waals surface area contributed by atoms with Gasteiger partial charge in [0.05, 0.1) is 11.4 Å². The number of hydrogen-bond donors (Lipinski definition) is 1. The molecule has 0 fully saturated rings. The van der Waals surface area contributed by atoms with E-state index in [2.05, 4.69) is 35.9 Å². The van der Waals surface area contributed by atoms with Gasteiger partial charge < -0.3 is 0 Å². The summed E-state index contributed by atoms with van der Waals surface area (Å²) in [5.74, 6) is 0. The molecule has 3 nitrogen and oxygen atoms in total. The Hall–Kier alpha value is -0.830. The van der Waals surface area contributed by atoms with E-state index in [4.69, 9.17) is 0 Å². The molecule has 13 heavy (non-hydrogen) atoms. The van der Waals surface area contributed by atoms with E-state index in [9.17, 15) is 0 Å². The second-order valence-electron chi connectivity index (χ2n) is 3.98. The van der Waals surface area contributed by atoms with Crippen LogP contribution in [0, 0.1) is 0 Å². The molecule has 0 atom stereocenters. The summed E-state index contributed by atoms with van der Waals surface area (Å²) >= 11 is 0. The topological polar surface area (TPSA) is 31.9 Å². The highest BCUT2D eigenvalue weighted by Crippen LogP contribution is 2.25. The van der Waals surface area contributed by atoms with Gasteiger partial charge in [0.15, 0.2) is 0 Å². The van der Waals surface area contributed by atoms with Gasteiger partial charge in [-0.3, -0.25) is 10.00 Å². The molecule has 1 aromatic rings. The second kappa shape index (κ2) is 3.14. The van der Waals surface area contributed by atoms with Gasteiger partial charge in [-0.1, -0.05) is 6.92 Å². The van der Waals surface area contributed by atoms with Crippen molar-refractivity contribution in [1.29, 1.82) is 0 Å². The lowest BCUT2D eigenvalue weighted by Crippen LogP contribution is -2.25. The van der Waals surface area contributed by atoms with E-state index < -0.39 is 0 Å². The van der Waals surface area contributed by atoms with Gasteiger partial charge in [0.2, 0.25) is 0 Å². The highest BCUT2D eigenvalue weighted by atomic mass is 15.2. The molecule has 0 bridgehead atoms. The summed E-state index contributed by atoms with van der Waals surface area (Å²) in [5.41, 5.74) is 4.01. The number of nitrogens with zero attached hydrogens (tertiary/aromatic N) is 2. The van der Waals surface area contributed by atoms with Crippen LogP contribution >= 0.6 is 0 Å². The Labute approximate surface area is 79.1 Å². The predicted molar refractivity (Wildman–Crippen MR) is 52.3 cm³/mol. The van der Waals surface area contributed by atoms with Crippen LogP contribution in [0.15, 0.2) is 0 Å². The predicted octanol–water partition coefficient (Wildman–Crippen LogP) is 1.70. The largest absolute Gasteiger partial charge is 0.291 e. The molecule has 0 radical (unpaired) electrons. The molecule has 0 unspecified atom stereocenters. The zero-order valence-corrected chi connectivity index (χ0v) is 8.59. The van der Waals surface area contributed by atoms with Crippen LogP contribution in [-0.4, -0.2) is 21.1 Å². The minimum absolute atomic E-state index is 0.630. The zero-order valence-electron chi connectivity index (χ0n) is 8.59. The number of aromatic nitrogens is 2. The molecule has 1 aliphatic rings. The normalized spacial score (nSPS) is 16.9. The molecule has 1 N–H and O–H groups in total. The van der Waals surface area contributed by atoms with Gasteiger partial charge in [-0.15, -0.1) is 0 Å². The van der Waals surface area contributed by atoms with Crippen LogP contribution < -0.4 is 0 Å². The summed E-state index contributed by atoms with van der Waals surface area (Å²) in [4.78, 5) is 2.46. The van der Waals surface area contributed by atoms with Crippen LogP contribution in [0.25, 0.3) is 0 Å². The summed E-state index contributed by atoms with van der Waals surface area (Å²) in [6.45, 7) is 8.76. The Balaban J connectivity index is 2.21. The van der Waals surface area contributed by atoms with Crippen molar-refractivity contribution in [1.82, 2.24) is 15.1 Å². The quantitative estimate of drug-likeness (QED) is 0.749.